The van der Waals surface area contributed by atoms with Crippen LogP contribution in [0.5, 0.6) is 11.5 Å². The van der Waals surface area contributed by atoms with Crippen molar-refractivity contribution in [3.8, 4) is 11.5 Å². The molecular weight excluding hydrogens is 342 g/mol. The Kier molecular flexibility index (Phi) is 5.88. The predicted octanol–water partition coefficient (Wildman–Crippen LogP) is 3.11. The molecule has 7 heteroatoms. The van der Waals surface area contributed by atoms with Crippen molar-refractivity contribution in [2.24, 2.45) is 0 Å². The first kappa shape index (κ1) is 17.7. The third kappa shape index (κ3) is 4.70. The van der Waals surface area contributed by atoms with Crippen LogP contribution in [0.1, 0.15) is 21.9 Å². The van der Waals surface area contributed by atoms with E-state index in [0.29, 0.717) is 17.3 Å². The van der Waals surface area contributed by atoms with Crippen molar-refractivity contribution in [3.63, 3.8) is 0 Å². The standard InChI is InChI=1S/C18H21NO5S/c1-22-17-10-13(11-19-6-8-25-9-7-19)2-4-15(17)23-12-14-3-5-16(24-14)18(20)21/h2-5,10H,6-9,11-12H2,1H3,(H,20,21). The number of furan rings is 1. The summed E-state index contributed by atoms with van der Waals surface area (Å²) in [6.45, 7) is 3.26. The Morgan fingerprint density at radius 1 is 1.24 bits per heavy atom. The number of hydrogen-bond acceptors (Lipinski definition) is 6. The summed E-state index contributed by atoms with van der Waals surface area (Å²) in [5.74, 6) is 2.89. The van der Waals surface area contributed by atoms with Crippen molar-refractivity contribution in [1.82, 2.24) is 4.90 Å². The molecule has 0 spiro atoms. The molecule has 1 saturated heterocycles. The minimum Gasteiger partial charge on any atom is -0.493 e. The lowest BCUT2D eigenvalue weighted by Crippen LogP contribution is -2.31. The lowest BCUT2D eigenvalue weighted by atomic mass is 10.2. The molecule has 1 aromatic heterocycles. The van der Waals surface area contributed by atoms with Crippen molar-refractivity contribution < 1.29 is 23.8 Å². The van der Waals surface area contributed by atoms with Crippen LogP contribution in [0.4, 0.5) is 0 Å². The fraction of sp³-hybridized carbons (Fsp3) is 0.389. The third-order valence-electron chi connectivity index (χ3n) is 3.98. The Balaban J connectivity index is 1.63. The van der Waals surface area contributed by atoms with Crippen molar-refractivity contribution in [1.29, 1.82) is 0 Å². The van der Waals surface area contributed by atoms with Crippen LogP contribution in [-0.2, 0) is 13.2 Å². The predicted molar refractivity (Wildman–Crippen MR) is 95.6 cm³/mol. The first-order chi connectivity index (χ1) is 12.2. The summed E-state index contributed by atoms with van der Waals surface area (Å²) in [6, 6.07) is 8.91. The number of aromatic carboxylic acids is 1. The van der Waals surface area contributed by atoms with Crippen LogP contribution in [0.3, 0.4) is 0 Å². The van der Waals surface area contributed by atoms with E-state index in [1.807, 2.05) is 30.0 Å². The van der Waals surface area contributed by atoms with Crippen LogP contribution in [0, 0.1) is 0 Å². The molecule has 25 heavy (non-hydrogen) atoms. The summed E-state index contributed by atoms with van der Waals surface area (Å²) in [7, 11) is 1.61. The van der Waals surface area contributed by atoms with Gasteiger partial charge in [-0.15, -0.1) is 0 Å². The Bertz CT molecular complexity index is 724. The Labute approximate surface area is 150 Å². The van der Waals surface area contributed by atoms with E-state index in [9.17, 15) is 4.79 Å². The molecule has 0 bridgehead atoms. The second kappa shape index (κ2) is 8.31. The first-order valence-electron chi connectivity index (χ1n) is 8.07. The molecule has 1 N–H and O–H groups in total. The van der Waals surface area contributed by atoms with Crippen molar-refractivity contribution in [3.05, 3.63) is 47.4 Å². The van der Waals surface area contributed by atoms with Crippen LogP contribution >= 0.6 is 11.8 Å². The molecule has 1 aliphatic rings. The van der Waals surface area contributed by atoms with Gasteiger partial charge in [0.15, 0.2) is 11.5 Å². The van der Waals surface area contributed by atoms with Crippen LogP contribution < -0.4 is 9.47 Å². The zero-order chi connectivity index (χ0) is 17.6. The highest BCUT2D eigenvalue weighted by molar-refractivity contribution is 7.99. The molecular formula is C18H21NO5S. The van der Waals surface area contributed by atoms with Gasteiger partial charge < -0.3 is 19.0 Å². The van der Waals surface area contributed by atoms with E-state index < -0.39 is 5.97 Å². The average molecular weight is 363 g/mol. The maximum Gasteiger partial charge on any atom is 0.371 e. The Morgan fingerprint density at radius 2 is 2.04 bits per heavy atom. The minimum absolute atomic E-state index is 0.0967. The SMILES string of the molecule is COc1cc(CN2CCSCC2)ccc1OCc1ccc(C(=O)O)o1. The van der Waals surface area contributed by atoms with E-state index >= 15 is 0 Å². The molecule has 0 atom stereocenters. The topological polar surface area (TPSA) is 72.1 Å². The largest absolute Gasteiger partial charge is 0.493 e. The number of nitrogens with zero attached hydrogens (tertiary/aromatic N) is 1. The third-order valence-corrected chi connectivity index (χ3v) is 4.92. The van der Waals surface area contributed by atoms with Crippen molar-refractivity contribution in [2.45, 2.75) is 13.2 Å². The number of hydrogen-bond donors (Lipinski definition) is 1. The molecule has 1 aromatic carbocycles. The van der Waals surface area contributed by atoms with E-state index in [4.69, 9.17) is 19.0 Å². The first-order valence-corrected chi connectivity index (χ1v) is 9.23. The van der Waals surface area contributed by atoms with Crippen LogP contribution in [-0.4, -0.2) is 47.7 Å². The number of methoxy groups -OCH3 is 1. The van der Waals surface area contributed by atoms with Gasteiger partial charge in [-0.2, -0.15) is 11.8 Å². The van der Waals surface area contributed by atoms with Gasteiger partial charge in [-0.05, 0) is 29.8 Å². The molecule has 0 saturated carbocycles. The summed E-state index contributed by atoms with van der Waals surface area (Å²) < 4.78 is 16.3. The normalized spacial score (nSPS) is 15.1. The summed E-state index contributed by atoms with van der Waals surface area (Å²) in [5, 5.41) is 8.87. The van der Waals surface area contributed by atoms with Crippen LogP contribution in [0.2, 0.25) is 0 Å². The molecule has 2 aromatic rings. The quantitative estimate of drug-likeness (QED) is 0.810. The molecule has 6 nitrogen and oxygen atoms in total. The second-order valence-electron chi connectivity index (χ2n) is 5.73. The second-order valence-corrected chi connectivity index (χ2v) is 6.96. The molecule has 0 radical (unpaired) electrons. The lowest BCUT2D eigenvalue weighted by molar-refractivity contribution is 0.0658. The van der Waals surface area contributed by atoms with Gasteiger partial charge in [-0.3, -0.25) is 4.90 Å². The molecule has 0 unspecified atom stereocenters. The van der Waals surface area contributed by atoms with Crippen LogP contribution in [0.15, 0.2) is 34.7 Å². The van der Waals surface area contributed by atoms with E-state index in [1.54, 1.807) is 13.2 Å². The number of benzene rings is 1. The number of rotatable bonds is 7. The summed E-state index contributed by atoms with van der Waals surface area (Å²) >= 11 is 2.00. The highest BCUT2D eigenvalue weighted by Gasteiger charge is 2.14. The highest BCUT2D eigenvalue weighted by atomic mass is 32.2. The smallest absolute Gasteiger partial charge is 0.371 e. The van der Waals surface area contributed by atoms with E-state index in [2.05, 4.69) is 4.90 Å². The Hall–Kier alpha value is -2.12. The number of carboxylic acid groups (broad SMARTS) is 1. The summed E-state index contributed by atoms with van der Waals surface area (Å²) in [5.41, 5.74) is 1.18. The lowest BCUT2D eigenvalue weighted by Gasteiger charge is -2.26. The zero-order valence-corrected chi connectivity index (χ0v) is 14.9. The minimum atomic E-state index is -1.09. The molecule has 1 aliphatic heterocycles. The van der Waals surface area contributed by atoms with E-state index in [-0.39, 0.29) is 12.4 Å². The number of thioether (sulfide) groups is 1. The van der Waals surface area contributed by atoms with Gasteiger partial charge >= 0.3 is 5.97 Å². The Morgan fingerprint density at radius 3 is 2.72 bits per heavy atom. The highest BCUT2D eigenvalue weighted by Crippen LogP contribution is 2.29. The molecule has 0 aliphatic carbocycles. The van der Waals surface area contributed by atoms with Gasteiger partial charge in [-0.25, -0.2) is 4.79 Å². The van der Waals surface area contributed by atoms with Gasteiger partial charge in [0.05, 0.1) is 7.11 Å². The zero-order valence-electron chi connectivity index (χ0n) is 14.1. The average Bonchev–Trinajstić information content (AvgIpc) is 3.11. The fourth-order valence-electron chi connectivity index (χ4n) is 2.67. The summed E-state index contributed by atoms with van der Waals surface area (Å²) in [6.07, 6.45) is 0. The van der Waals surface area contributed by atoms with Gasteiger partial charge in [0, 0.05) is 31.1 Å². The molecule has 134 valence electrons. The van der Waals surface area contributed by atoms with Gasteiger partial charge in [0.1, 0.15) is 12.4 Å². The maximum absolute atomic E-state index is 10.8. The molecule has 0 amide bonds. The molecule has 3 rings (SSSR count). The van der Waals surface area contributed by atoms with Gasteiger partial charge in [-0.1, -0.05) is 6.07 Å². The van der Waals surface area contributed by atoms with Crippen molar-refractivity contribution in [2.75, 3.05) is 31.7 Å². The van der Waals surface area contributed by atoms with E-state index in [1.165, 1.54) is 23.1 Å². The fourth-order valence-corrected chi connectivity index (χ4v) is 3.65. The monoisotopic (exact) mass is 363 g/mol. The number of carbonyl (C=O) groups is 1. The van der Waals surface area contributed by atoms with Crippen molar-refractivity contribution >= 4 is 17.7 Å². The van der Waals surface area contributed by atoms with Gasteiger partial charge in [0.2, 0.25) is 5.76 Å². The van der Waals surface area contributed by atoms with Gasteiger partial charge in [0.25, 0.3) is 0 Å². The molecule has 2 heterocycles. The van der Waals surface area contributed by atoms with Crippen LogP contribution in [0.25, 0.3) is 0 Å². The number of ether oxygens (including phenoxy) is 2. The van der Waals surface area contributed by atoms with E-state index in [0.717, 1.165) is 19.6 Å². The maximum atomic E-state index is 10.8. The molecule has 1 fully saturated rings. The number of carboxylic acids is 1. The summed E-state index contributed by atoms with van der Waals surface area (Å²) in [4.78, 5) is 13.3.